The van der Waals surface area contributed by atoms with E-state index < -0.39 is 246 Å². The van der Waals surface area contributed by atoms with Gasteiger partial charge in [-0.25, -0.2) is 13.2 Å². The second-order valence-corrected chi connectivity index (χ2v) is 34.5. The summed E-state index contributed by atoms with van der Waals surface area (Å²) < 4.78 is 50.9. The number of phenols is 2. The number of thioether (sulfide) groups is 1. The lowest BCUT2D eigenvalue weighted by Gasteiger charge is -2.38. The fourth-order valence-electron chi connectivity index (χ4n) is 16.0. The van der Waals surface area contributed by atoms with Gasteiger partial charge in [0.25, 0.3) is 0 Å². The fraction of sp³-hybridized carbons (Fsp3) is 0.473. The number of aromatic nitrogens is 1. The van der Waals surface area contributed by atoms with Crippen LogP contribution in [-0.2, 0) is 114 Å². The highest BCUT2D eigenvalue weighted by atomic mass is 32.2. The minimum absolute atomic E-state index is 0.0195. The van der Waals surface area contributed by atoms with Crippen molar-refractivity contribution in [1.82, 2.24) is 77.3 Å². The summed E-state index contributed by atoms with van der Waals surface area (Å²) in [6.45, 7) is 2.75. The van der Waals surface area contributed by atoms with E-state index in [0.717, 1.165) is 31.5 Å². The lowest BCUT2D eigenvalue weighted by atomic mass is 9.98. The summed E-state index contributed by atoms with van der Waals surface area (Å²) >= 11 is 0.640. The summed E-state index contributed by atoms with van der Waals surface area (Å²) in [5, 5.41) is 55.1. The minimum Gasteiger partial charge on any atom is -0.508 e. The van der Waals surface area contributed by atoms with Crippen LogP contribution in [0.3, 0.4) is 0 Å². The molecule has 3 aliphatic rings. The van der Waals surface area contributed by atoms with Gasteiger partial charge in [-0.3, -0.25) is 76.7 Å². The molecule has 133 heavy (non-hydrogen) atoms. The maximum Gasteiger partial charge on any atom is 0.305 e. The van der Waals surface area contributed by atoms with Gasteiger partial charge in [-0.1, -0.05) is 106 Å². The first-order chi connectivity index (χ1) is 63.4. The summed E-state index contributed by atoms with van der Waals surface area (Å²) in [4.78, 5) is 245. The Bertz CT molecular complexity index is 5130. The van der Waals surface area contributed by atoms with Crippen LogP contribution in [0.1, 0.15) is 106 Å². The third kappa shape index (κ3) is 28.7. The van der Waals surface area contributed by atoms with Gasteiger partial charge in [0.05, 0.1) is 31.9 Å². The SMILES string of the molecule is CCCC[C@H]1C(=O)N2CCC[C@@H]2C(=O)N[C@@H](CC(=O)O)C(=O)N[C@H](C(C)C)C(=O)N(C)[C@@H](Cc2ccccc2)C(=O)N[C@@H](CCN)C(=O)N2CCOC[C@@H]2C(=O)N[C@H](Cc2c[nH]c3ccccc23)C(=O)N[C@@H](Cc2ccc(O)cc2)C(=O)N[C@@H](CCCN)C(=O)N[C@H](C(=O)NCC(N)=O)CSCC(=O)N[C@@H](Cc2cc(F)c(F)c(F)c2)C(=O)N(C)[C@@H](Cc2ccc(O)cc2)C(=O)N1C. The molecular weight excluding hydrogens is 1750 g/mol. The molecule has 0 saturated carbocycles. The zero-order valence-corrected chi connectivity index (χ0v) is 75.5. The third-order valence-corrected chi connectivity index (χ3v) is 24.5. The van der Waals surface area contributed by atoms with Crippen molar-refractivity contribution in [3.63, 3.8) is 0 Å². The summed E-state index contributed by atoms with van der Waals surface area (Å²) in [7, 11) is 3.67. The summed E-state index contributed by atoms with van der Waals surface area (Å²) in [5.41, 5.74) is 19.5. The second-order valence-electron chi connectivity index (χ2n) is 33.4. The zero-order valence-electron chi connectivity index (χ0n) is 74.7. The number of para-hydroxylation sites is 1. The number of phenolic OH excluding ortho intramolecular Hbond substituents is 2. The number of unbranched alkanes of at least 4 members (excludes halogenated alkanes) is 1. The van der Waals surface area contributed by atoms with Crippen LogP contribution in [0, 0.1) is 23.4 Å². The molecule has 0 spiro atoms. The lowest BCUT2D eigenvalue weighted by Crippen LogP contribution is -2.64. The fourth-order valence-corrected chi connectivity index (χ4v) is 16.9. The van der Waals surface area contributed by atoms with Gasteiger partial charge in [-0.2, -0.15) is 0 Å². The number of rotatable bonds is 24. The van der Waals surface area contributed by atoms with Crippen LogP contribution in [-0.4, -0.2) is 297 Å². The Morgan fingerprint density at radius 3 is 1.71 bits per heavy atom. The minimum atomic E-state index is -1.96. The van der Waals surface area contributed by atoms with Crippen molar-refractivity contribution in [3.05, 3.63) is 167 Å². The number of fused-ring (bicyclic) bond motifs is 3. The number of aliphatic carboxylic acids is 1. The topological polar surface area (TPSA) is 561 Å². The lowest BCUT2D eigenvalue weighted by molar-refractivity contribution is -0.152. The first-order valence-electron chi connectivity index (χ1n) is 43.8. The maximum absolute atomic E-state index is 15.7. The van der Waals surface area contributed by atoms with Crippen LogP contribution < -0.4 is 65.1 Å². The quantitative estimate of drug-likeness (QED) is 0.0350. The monoisotopic (exact) mass is 1870 g/mol. The molecule has 0 bridgehead atoms. The number of primary amides is 1. The molecular formula is C91H117F3N18O20S. The van der Waals surface area contributed by atoms with Crippen LogP contribution in [0.4, 0.5) is 13.2 Å². The second kappa shape index (κ2) is 49.3. The molecule has 9 rings (SSSR count). The number of H-pyrrole nitrogens is 1. The number of amides is 15. The van der Waals surface area contributed by atoms with Gasteiger partial charge < -0.3 is 115 Å². The van der Waals surface area contributed by atoms with E-state index in [2.05, 4.69) is 52.8 Å². The summed E-state index contributed by atoms with van der Waals surface area (Å²) in [5.74, 6) is -24.4. The molecule has 718 valence electrons. The van der Waals surface area contributed by atoms with Gasteiger partial charge in [0.1, 0.15) is 90.0 Å². The molecule has 0 aliphatic carbocycles. The molecule has 3 fully saturated rings. The van der Waals surface area contributed by atoms with Gasteiger partial charge in [-0.05, 0) is 128 Å². The molecule has 0 unspecified atom stereocenters. The maximum atomic E-state index is 15.7. The number of nitrogens with two attached hydrogens (primary N) is 3. The number of carbonyl (C=O) groups excluding carboxylic acids is 15. The Morgan fingerprint density at radius 1 is 0.534 bits per heavy atom. The predicted octanol–water partition coefficient (Wildman–Crippen LogP) is -0.156. The van der Waals surface area contributed by atoms with Gasteiger partial charge >= 0.3 is 5.97 Å². The number of hydrogen-bond acceptors (Lipinski definition) is 22. The van der Waals surface area contributed by atoms with Crippen LogP contribution in [0.15, 0.2) is 121 Å². The highest BCUT2D eigenvalue weighted by Gasteiger charge is 2.46. The average Bonchev–Trinajstić information content (AvgIpc) is 1.79. The molecule has 15 amide bonds. The van der Waals surface area contributed by atoms with Crippen molar-refractivity contribution in [2.75, 3.05) is 78.6 Å². The highest BCUT2D eigenvalue weighted by Crippen LogP contribution is 2.28. The Balaban J connectivity index is 1.13. The molecule has 6 aromatic rings. The molecule has 19 N–H and O–H groups in total. The number of carboxylic acid groups (broad SMARTS) is 1. The van der Waals surface area contributed by atoms with Crippen molar-refractivity contribution < 1.29 is 110 Å². The number of nitrogens with zero attached hydrogens (tertiary/aromatic N) is 5. The number of ether oxygens (including phenoxy) is 1. The predicted molar refractivity (Wildman–Crippen MR) is 480 cm³/mol. The Hall–Kier alpha value is -13.2. The summed E-state index contributed by atoms with van der Waals surface area (Å²) in [6, 6.07) is 5.97. The normalized spacial score (nSPS) is 23.7. The number of aromatic amines is 1. The van der Waals surface area contributed by atoms with E-state index in [-0.39, 0.29) is 108 Å². The largest absolute Gasteiger partial charge is 0.508 e. The van der Waals surface area contributed by atoms with E-state index in [1.54, 1.807) is 81.6 Å². The number of aromatic hydroxyl groups is 2. The molecule has 3 saturated heterocycles. The number of benzene rings is 5. The van der Waals surface area contributed by atoms with E-state index in [1.807, 2.05) is 0 Å². The highest BCUT2D eigenvalue weighted by molar-refractivity contribution is 8.00. The molecule has 13 atom stereocenters. The van der Waals surface area contributed by atoms with E-state index in [4.69, 9.17) is 21.9 Å². The standard InChI is InChI=1S/C91H117F3N18O20S/c1-7-8-21-70-90(130)111-34-15-22-69(111)84(124)105-66(44-76(117)118)83(123)107-78(50(2)3)91(131)109(5)71(41-51-16-10-9-11-17-51)85(125)102-63(31-33-96)88(128)112-35-36-132-47-73(112)86(126)104-65(43-55-45-98-61-19-13-12-18-58(55)61)82(122)103-64(39-52-23-27-56(113)28-24-52)81(121)101-62(20-14-32-95)80(120)106-68(79(119)99-46-74(97)115)48-133-49-75(116)100-67(40-54-37-59(92)77(94)60(93)38-54)87(127)110(6)72(89(129)108(70)4)42-53-25-29-57(114)30-26-53/h9-13,16-19,23-30,37-38,45,50,62-73,78,98,113-114H,7-8,14-15,20-22,31-36,39-44,46-49,95-96H2,1-6H3,(H2,97,115)(H,99,119)(H,100,116)(H,101,121)(H,102,125)(H,103,122)(H,104,126)(H,105,124)(H,106,120)(H,107,123)(H,117,118)/t62-,63-,64-,65+,66-,67-,68-,69+,70-,71-,72-,73+,78+/m0/s1. The number of nitrogens with one attached hydrogen (secondary N) is 10. The van der Waals surface area contributed by atoms with E-state index in [9.17, 15) is 53.3 Å². The average molecular weight is 1870 g/mol. The van der Waals surface area contributed by atoms with E-state index in [0.29, 0.717) is 63.5 Å². The Kier molecular flexibility index (Phi) is 38.4. The van der Waals surface area contributed by atoms with Crippen molar-refractivity contribution >= 4 is 117 Å². The van der Waals surface area contributed by atoms with Gasteiger partial charge in [0.15, 0.2) is 17.5 Å². The van der Waals surface area contributed by atoms with Gasteiger partial charge in [-0.15, -0.1) is 11.8 Å². The molecule has 5 aromatic carbocycles. The molecule has 38 nitrogen and oxygen atoms in total. The van der Waals surface area contributed by atoms with Crippen LogP contribution in [0.5, 0.6) is 11.5 Å². The van der Waals surface area contributed by atoms with Crippen molar-refractivity contribution in [2.24, 2.45) is 23.1 Å². The number of carbonyl (C=O) groups is 16. The van der Waals surface area contributed by atoms with Crippen molar-refractivity contribution in [2.45, 2.75) is 189 Å². The molecule has 3 aliphatic heterocycles. The van der Waals surface area contributed by atoms with Gasteiger partial charge in [0.2, 0.25) is 88.6 Å². The smallest absolute Gasteiger partial charge is 0.305 e. The molecule has 1 aromatic heterocycles. The van der Waals surface area contributed by atoms with E-state index in [1.165, 1.54) is 62.6 Å². The van der Waals surface area contributed by atoms with Crippen molar-refractivity contribution in [3.8, 4) is 11.5 Å². The van der Waals surface area contributed by atoms with Crippen LogP contribution in [0.25, 0.3) is 10.9 Å². The first-order valence-corrected chi connectivity index (χ1v) is 45.0. The number of hydrogen-bond donors (Lipinski definition) is 16. The Labute approximate surface area is 770 Å². The Morgan fingerprint density at radius 2 is 1.08 bits per heavy atom. The van der Waals surface area contributed by atoms with Crippen LogP contribution >= 0.6 is 11.8 Å². The number of morpholine rings is 1. The number of carboxylic acids is 1. The van der Waals surface area contributed by atoms with Crippen molar-refractivity contribution in [1.29, 1.82) is 0 Å². The summed E-state index contributed by atoms with van der Waals surface area (Å²) in [6.07, 6.45) is -1.39. The number of halogens is 3. The van der Waals surface area contributed by atoms with Crippen LogP contribution in [0.2, 0.25) is 0 Å². The molecule has 0 radical (unpaired) electrons. The third-order valence-electron chi connectivity index (χ3n) is 23.4. The molecule has 4 heterocycles. The van der Waals surface area contributed by atoms with E-state index >= 15 is 51.9 Å². The number of likely N-dealkylation sites (N-methyl/N-ethyl adjacent to an activating group) is 3. The zero-order chi connectivity index (χ0) is 97.0. The van der Waals surface area contributed by atoms with Gasteiger partial charge in [0, 0.05) is 89.2 Å². The molecule has 42 heteroatoms. The first kappa shape index (κ1) is 104.